The number of para-hydroxylation sites is 1. The first kappa shape index (κ1) is 21.6. The largest absolute Gasteiger partial charge is 0.496 e. The number of hydrogen-bond acceptors (Lipinski definition) is 5. The summed E-state index contributed by atoms with van der Waals surface area (Å²) in [5.41, 5.74) is 4.47. The van der Waals surface area contributed by atoms with Gasteiger partial charge in [0.25, 0.3) is 12.4 Å². The minimum atomic E-state index is -0.279. The summed E-state index contributed by atoms with van der Waals surface area (Å²) in [6.07, 6.45) is 0.338. The first-order chi connectivity index (χ1) is 15.0. The molecule has 4 N–H and O–H groups in total. The predicted octanol–water partition coefficient (Wildman–Crippen LogP) is 3.15. The number of methoxy groups -OCH3 is 1. The Balaban J connectivity index is 0.000000858. The van der Waals surface area contributed by atoms with Crippen molar-refractivity contribution in [3.05, 3.63) is 71.0 Å². The van der Waals surface area contributed by atoms with Crippen molar-refractivity contribution in [2.24, 2.45) is 0 Å². The Morgan fingerprint density at radius 1 is 1.26 bits per heavy atom. The molecular formula is C22H22N4O5. The number of anilines is 2. The average Bonchev–Trinajstić information content (AvgIpc) is 3.19. The van der Waals surface area contributed by atoms with Crippen LogP contribution in [0.1, 0.15) is 39.6 Å². The van der Waals surface area contributed by atoms with E-state index in [1.165, 1.54) is 7.11 Å². The van der Waals surface area contributed by atoms with Crippen LogP contribution < -0.4 is 15.4 Å². The smallest absolute Gasteiger partial charge is 0.290 e. The van der Waals surface area contributed by atoms with E-state index in [1.807, 2.05) is 25.1 Å². The van der Waals surface area contributed by atoms with Crippen LogP contribution in [0.25, 0.3) is 0 Å². The third-order valence-electron chi connectivity index (χ3n) is 4.78. The average molecular weight is 422 g/mol. The maximum atomic E-state index is 12.6. The molecule has 9 nitrogen and oxygen atoms in total. The molecule has 1 aliphatic rings. The number of H-pyrrole nitrogens is 1. The maximum absolute atomic E-state index is 12.6. The summed E-state index contributed by atoms with van der Waals surface area (Å²) < 4.78 is 5.25. The van der Waals surface area contributed by atoms with Crippen molar-refractivity contribution >= 4 is 29.7 Å². The molecule has 0 radical (unpaired) electrons. The van der Waals surface area contributed by atoms with Gasteiger partial charge in [0, 0.05) is 29.4 Å². The van der Waals surface area contributed by atoms with Crippen LogP contribution in [0, 0.1) is 6.92 Å². The topological polar surface area (TPSA) is 133 Å². The Kier molecular flexibility index (Phi) is 6.66. The Labute approximate surface area is 178 Å². The predicted molar refractivity (Wildman–Crippen MR) is 114 cm³/mol. The number of nitrogens with one attached hydrogen (secondary N) is 3. The number of carboxylic acid groups (broad SMARTS) is 1. The molecular weight excluding hydrogens is 400 g/mol. The number of ether oxygens (including phenoxy) is 1. The van der Waals surface area contributed by atoms with E-state index in [0.29, 0.717) is 29.1 Å². The van der Waals surface area contributed by atoms with Gasteiger partial charge in [-0.2, -0.15) is 5.10 Å². The number of amides is 2. The highest BCUT2D eigenvalue weighted by atomic mass is 16.5. The van der Waals surface area contributed by atoms with E-state index in [0.717, 1.165) is 17.0 Å². The Bertz CT molecular complexity index is 1110. The third kappa shape index (κ3) is 4.89. The molecule has 2 heterocycles. The molecule has 0 saturated heterocycles. The van der Waals surface area contributed by atoms with Crippen LogP contribution >= 0.6 is 0 Å². The number of aryl methyl sites for hydroxylation is 1. The molecule has 0 bridgehead atoms. The zero-order valence-electron chi connectivity index (χ0n) is 17.0. The summed E-state index contributed by atoms with van der Waals surface area (Å²) in [5.74, 6) is 0.0262. The number of carbonyl (C=O) groups excluding carboxylic acids is 2. The highest BCUT2D eigenvalue weighted by molar-refractivity contribution is 6.06. The van der Waals surface area contributed by atoms with Gasteiger partial charge in [0.15, 0.2) is 0 Å². The van der Waals surface area contributed by atoms with E-state index in [1.54, 1.807) is 30.3 Å². The van der Waals surface area contributed by atoms with Gasteiger partial charge in [-0.05, 0) is 42.8 Å². The number of benzene rings is 2. The Hall–Kier alpha value is -4.14. The monoisotopic (exact) mass is 422 g/mol. The number of fused-ring (bicyclic) bond motifs is 1. The lowest BCUT2D eigenvalue weighted by Crippen LogP contribution is -2.24. The second kappa shape index (κ2) is 9.57. The molecule has 1 aliphatic heterocycles. The van der Waals surface area contributed by atoms with E-state index in [9.17, 15) is 9.59 Å². The molecule has 0 fully saturated rings. The minimum Gasteiger partial charge on any atom is -0.496 e. The Morgan fingerprint density at radius 3 is 2.68 bits per heavy atom. The van der Waals surface area contributed by atoms with Crippen LogP contribution in [0.5, 0.6) is 5.75 Å². The molecule has 0 aliphatic carbocycles. The van der Waals surface area contributed by atoms with E-state index in [4.69, 9.17) is 14.6 Å². The molecule has 1 atom stereocenters. The van der Waals surface area contributed by atoms with Crippen molar-refractivity contribution in [2.45, 2.75) is 19.3 Å². The minimum absolute atomic E-state index is 0.0774. The highest BCUT2D eigenvalue weighted by Crippen LogP contribution is 2.38. The van der Waals surface area contributed by atoms with E-state index in [-0.39, 0.29) is 24.2 Å². The van der Waals surface area contributed by atoms with Crippen LogP contribution in [0.4, 0.5) is 11.4 Å². The van der Waals surface area contributed by atoms with Crippen LogP contribution in [0.3, 0.4) is 0 Å². The van der Waals surface area contributed by atoms with Gasteiger partial charge in [0.05, 0.1) is 18.4 Å². The number of aromatic nitrogens is 2. The van der Waals surface area contributed by atoms with Crippen LogP contribution in [-0.2, 0) is 9.59 Å². The zero-order valence-corrected chi connectivity index (χ0v) is 17.0. The van der Waals surface area contributed by atoms with Crippen molar-refractivity contribution in [2.75, 3.05) is 17.7 Å². The molecule has 0 saturated carbocycles. The summed E-state index contributed by atoms with van der Waals surface area (Å²) in [6.45, 7) is 1.68. The number of nitrogens with zero attached hydrogens (tertiary/aromatic N) is 1. The van der Waals surface area contributed by atoms with Crippen molar-refractivity contribution in [1.82, 2.24) is 10.2 Å². The van der Waals surface area contributed by atoms with Gasteiger partial charge in [-0.1, -0.05) is 18.2 Å². The van der Waals surface area contributed by atoms with Crippen molar-refractivity contribution in [3.8, 4) is 5.75 Å². The molecule has 1 unspecified atom stereocenters. The van der Waals surface area contributed by atoms with Crippen LogP contribution in [-0.4, -0.2) is 40.7 Å². The van der Waals surface area contributed by atoms with Gasteiger partial charge >= 0.3 is 0 Å². The van der Waals surface area contributed by atoms with Gasteiger partial charge in [-0.15, -0.1) is 0 Å². The molecule has 3 aromatic rings. The molecule has 160 valence electrons. The number of aromatic amines is 1. The van der Waals surface area contributed by atoms with Crippen molar-refractivity contribution in [1.29, 1.82) is 0 Å². The fourth-order valence-corrected chi connectivity index (χ4v) is 3.45. The van der Waals surface area contributed by atoms with E-state index in [2.05, 4.69) is 20.8 Å². The van der Waals surface area contributed by atoms with Gasteiger partial charge in [-0.3, -0.25) is 19.5 Å². The first-order valence-corrected chi connectivity index (χ1v) is 9.44. The standard InChI is InChI=1S/C21H20N4O3.CH2O2/c1-12-9-18(25-24-12)16-11-20(26)23-17-10-13(7-8-14(16)17)22-21(27)15-5-3-4-6-19(15)28-2;2-1-3/h3-10,16H,11H2,1-2H3,(H,22,27)(H,23,26)(H,24,25);1H,(H,2,3). The molecule has 1 aromatic heterocycles. The summed E-state index contributed by atoms with van der Waals surface area (Å²) >= 11 is 0. The molecule has 31 heavy (non-hydrogen) atoms. The summed E-state index contributed by atoms with van der Waals surface area (Å²) in [5, 5.41) is 19.9. The lowest BCUT2D eigenvalue weighted by atomic mass is 9.87. The summed E-state index contributed by atoms with van der Waals surface area (Å²) in [4.78, 5) is 33.2. The second-order valence-electron chi connectivity index (χ2n) is 6.84. The molecule has 4 rings (SSSR count). The fourth-order valence-electron chi connectivity index (χ4n) is 3.45. The first-order valence-electron chi connectivity index (χ1n) is 9.44. The highest BCUT2D eigenvalue weighted by Gasteiger charge is 2.28. The van der Waals surface area contributed by atoms with E-state index < -0.39 is 0 Å². The lowest BCUT2D eigenvalue weighted by molar-refractivity contribution is -0.123. The zero-order chi connectivity index (χ0) is 22.4. The summed E-state index contributed by atoms with van der Waals surface area (Å²) in [7, 11) is 1.53. The van der Waals surface area contributed by atoms with Gasteiger partial charge in [0.1, 0.15) is 5.75 Å². The van der Waals surface area contributed by atoms with Gasteiger partial charge < -0.3 is 20.5 Å². The molecule has 0 spiro atoms. The number of rotatable bonds is 4. The van der Waals surface area contributed by atoms with Gasteiger partial charge in [-0.25, -0.2) is 0 Å². The quantitative estimate of drug-likeness (QED) is 0.477. The van der Waals surface area contributed by atoms with Crippen molar-refractivity contribution in [3.63, 3.8) is 0 Å². The number of carbonyl (C=O) groups is 3. The molecule has 9 heteroatoms. The molecule has 2 amide bonds. The Morgan fingerprint density at radius 2 is 2.00 bits per heavy atom. The van der Waals surface area contributed by atoms with Crippen LogP contribution in [0.15, 0.2) is 48.5 Å². The maximum Gasteiger partial charge on any atom is 0.290 e. The van der Waals surface area contributed by atoms with Crippen molar-refractivity contribution < 1.29 is 24.2 Å². The third-order valence-corrected chi connectivity index (χ3v) is 4.78. The van der Waals surface area contributed by atoms with Crippen LogP contribution in [0.2, 0.25) is 0 Å². The summed E-state index contributed by atoms with van der Waals surface area (Å²) in [6, 6.07) is 14.5. The van der Waals surface area contributed by atoms with Gasteiger partial charge in [0.2, 0.25) is 5.91 Å². The lowest BCUT2D eigenvalue weighted by Gasteiger charge is -2.25. The number of hydrogen-bond donors (Lipinski definition) is 4. The van der Waals surface area contributed by atoms with E-state index >= 15 is 0 Å². The normalized spacial score (nSPS) is 14.4. The molecule has 2 aromatic carbocycles. The fraction of sp³-hybridized carbons (Fsp3) is 0.182. The SMILES string of the molecule is COc1ccccc1C(=O)Nc1ccc2c(c1)NC(=O)CC2c1cc(C)[nH]n1.O=CO. The second-order valence-corrected chi connectivity index (χ2v) is 6.84.